The highest BCUT2D eigenvalue weighted by Crippen LogP contribution is 2.27. The third-order valence-corrected chi connectivity index (χ3v) is 4.03. The molecule has 2 rings (SSSR count). The molecule has 0 heterocycles. The van der Waals surface area contributed by atoms with Gasteiger partial charge in [0.05, 0.1) is 13.7 Å². The van der Waals surface area contributed by atoms with E-state index in [2.05, 4.69) is 5.32 Å². The maximum atomic E-state index is 12.4. The zero-order chi connectivity index (χ0) is 18.2. The van der Waals surface area contributed by atoms with Gasteiger partial charge in [-0.25, -0.2) is 0 Å². The van der Waals surface area contributed by atoms with Crippen LogP contribution in [0.3, 0.4) is 0 Å². The van der Waals surface area contributed by atoms with Crippen LogP contribution in [0.1, 0.15) is 12.5 Å². The molecule has 0 aliphatic rings. The molecule has 7 heteroatoms. The van der Waals surface area contributed by atoms with Crippen LogP contribution in [-0.2, 0) is 16.1 Å². The van der Waals surface area contributed by atoms with Crippen molar-refractivity contribution in [2.24, 2.45) is 0 Å². The van der Waals surface area contributed by atoms with E-state index in [1.807, 2.05) is 24.3 Å². The molecule has 4 nitrogen and oxygen atoms in total. The lowest BCUT2D eigenvalue weighted by atomic mass is 10.2. The highest BCUT2D eigenvalue weighted by atomic mass is 32.2. The molecule has 0 aliphatic heterocycles. The largest absolute Gasteiger partial charge is 0.497 e. The van der Waals surface area contributed by atoms with Crippen molar-refractivity contribution in [1.29, 1.82) is 0 Å². The van der Waals surface area contributed by atoms with Crippen molar-refractivity contribution >= 4 is 23.4 Å². The second-order valence-electron chi connectivity index (χ2n) is 5.20. The zero-order valence-corrected chi connectivity index (χ0v) is 14.7. The van der Waals surface area contributed by atoms with Gasteiger partial charge in [-0.3, -0.25) is 4.79 Å². The number of alkyl halides is 2. The van der Waals surface area contributed by atoms with Gasteiger partial charge in [0.15, 0.2) is 0 Å². The summed E-state index contributed by atoms with van der Waals surface area (Å²) in [6.07, 6.45) is -0.697. The summed E-state index contributed by atoms with van der Waals surface area (Å²) in [7, 11) is 1.58. The number of ether oxygens (including phenoxy) is 2. The second-order valence-corrected chi connectivity index (χ2v) is 6.26. The first-order chi connectivity index (χ1) is 12.0. The third-order valence-electron chi connectivity index (χ3n) is 3.33. The van der Waals surface area contributed by atoms with Gasteiger partial charge < -0.3 is 14.8 Å². The number of carbonyl (C=O) groups excluding carboxylic acids is 1. The van der Waals surface area contributed by atoms with Gasteiger partial charge in [-0.1, -0.05) is 30.0 Å². The Hall–Kier alpha value is -2.12. The number of halogens is 2. The first-order valence-electron chi connectivity index (χ1n) is 7.58. The second kappa shape index (κ2) is 9.39. The topological polar surface area (TPSA) is 47.6 Å². The fraction of sp³-hybridized carbons (Fsp3) is 0.278. The van der Waals surface area contributed by atoms with Crippen LogP contribution in [0.15, 0.2) is 53.4 Å². The van der Waals surface area contributed by atoms with E-state index in [1.54, 1.807) is 32.2 Å². The van der Waals surface area contributed by atoms with E-state index in [9.17, 15) is 13.6 Å². The quantitative estimate of drug-likeness (QED) is 0.695. The number of nitrogens with one attached hydrogen (secondary N) is 1. The minimum absolute atomic E-state index is 0.257. The summed E-state index contributed by atoms with van der Waals surface area (Å²) in [6, 6.07) is 13.7. The number of anilines is 1. The Labute approximate surface area is 149 Å². The van der Waals surface area contributed by atoms with E-state index in [1.165, 1.54) is 6.07 Å². The fourth-order valence-electron chi connectivity index (χ4n) is 2.05. The van der Waals surface area contributed by atoms with E-state index in [0.29, 0.717) is 28.1 Å². The molecular formula is C18H19F2NO3S. The number of amides is 1. The van der Waals surface area contributed by atoms with Crippen LogP contribution < -0.4 is 10.1 Å². The van der Waals surface area contributed by atoms with Crippen molar-refractivity contribution < 1.29 is 23.0 Å². The van der Waals surface area contributed by atoms with Gasteiger partial charge in [-0.15, -0.1) is 0 Å². The Morgan fingerprint density at radius 1 is 1.20 bits per heavy atom. The molecule has 0 radical (unpaired) electrons. The minimum Gasteiger partial charge on any atom is -0.497 e. The van der Waals surface area contributed by atoms with Crippen molar-refractivity contribution in [3.8, 4) is 5.75 Å². The Bertz CT molecular complexity index is 712. The van der Waals surface area contributed by atoms with Gasteiger partial charge in [0.25, 0.3) is 11.7 Å². The molecule has 1 unspecified atom stereocenters. The van der Waals surface area contributed by atoms with Crippen LogP contribution in [0.4, 0.5) is 14.5 Å². The molecule has 1 amide bonds. The van der Waals surface area contributed by atoms with E-state index < -0.39 is 11.9 Å². The Morgan fingerprint density at radius 3 is 2.68 bits per heavy atom. The van der Waals surface area contributed by atoms with Gasteiger partial charge in [0.1, 0.15) is 11.9 Å². The smallest absolute Gasteiger partial charge is 0.288 e. The van der Waals surface area contributed by atoms with Gasteiger partial charge in [-0.2, -0.15) is 8.78 Å². The molecule has 134 valence electrons. The monoisotopic (exact) mass is 367 g/mol. The molecule has 0 aliphatic carbocycles. The summed E-state index contributed by atoms with van der Waals surface area (Å²) >= 11 is 0.431. The molecule has 0 saturated heterocycles. The SMILES string of the molecule is COc1cccc(COC(C)C(=O)Nc2cccc(SC(F)F)c2)c1. The van der Waals surface area contributed by atoms with Gasteiger partial charge >= 0.3 is 0 Å². The van der Waals surface area contributed by atoms with E-state index in [4.69, 9.17) is 9.47 Å². The standard InChI is InChI=1S/C18H19F2NO3S/c1-12(24-11-13-5-3-7-15(9-13)23-2)17(22)21-14-6-4-8-16(10-14)25-18(19)20/h3-10,12,18H,11H2,1-2H3,(H,21,22). The normalized spacial score (nSPS) is 12.0. The summed E-state index contributed by atoms with van der Waals surface area (Å²) in [5.41, 5.74) is 1.34. The molecular weight excluding hydrogens is 348 g/mol. The maximum Gasteiger partial charge on any atom is 0.288 e. The fourth-order valence-corrected chi connectivity index (χ4v) is 2.61. The van der Waals surface area contributed by atoms with Gasteiger partial charge in [0.2, 0.25) is 0 Å². The summed E-state index contributed by atoms with van der Waals surface area (Å²) in [5.74, 6) is -2.13. The van der Waals surface area contributed by atoms with Crippen molar-refractivity contribution in [3.63, 3.8) is 0 Å². The van der Waals surface area contributed by atoms with E-state index in [0.717, 1.165) is 5.56 Å². The first kappa shape index (κ1) is 19.2. The maximum absolute atomic E-state index is 12.4. The number of rotatable bonds is 8. The van der Waals surface area contributed by atoms with E-state index in [-0.39, 0.29) is 12.5 Å². The van der Waals surface area contributed by atoms with Crippen molar-refractivity contribution in [2.45, 2.75) is 30.3 Å². The van der Waals surface area contributed by atoms with Crippen LogP contribution in [0.25, 0.3) is 0 Å². The highest BCUT2D eigenvalue weighted by molar-refractivity contribution is 7.99. The Balaban J connectivity index is 1.89. The zero-order valence-electron chi connectivity index (χ0n) is 13.9. The molecule has 25 heavy (non-hydrogen) atoms. The Kier molecular flexibility index (Phi) is 7.21. The summed E-state index contributed by atoms with van der Waals surface area (Å²) in [4.78, 5) is 12.6. The van der Waals surface area contributed by atoms with Crippen LogP contribution >= 0.6 is 11.8 Å². The van der Waals surface area contributed by atoms with Gasteiger partial charge in [0, 0.05) is 10.6 Å². The number of thioether (sulfide) groups is 1. The van der Waals surface area contributed by atoms with Crippen LogP contribution in [0.2, 0.25) is 0 Å². The predicted octanol–water partition coefficient (Wildman–Crippen LogP) is 4.55. The average Bonchev–Trinajstić information content (AvgIpc) is 2.59. The van der Waals surface area contributed by atoms with Crippen molar-refractivity contribution in [3.05, 3.63) is 54.1 Å². The van der Waals surface area contributed by atoms with Crippen LogP contribution in [0, 0.1) is 0 Å². The number of benzene rings is 2. The molecule has 0 saturated carbocycles. The van der Waals surface area contributed by atoms with Crippen molar-refractivity contribution in [1.82, 2.24) is 0 Å². The first-order valence-corrected chi connectivity index (χ1v) is 8.46. The van der Waals surface area contributed by atoms with Crippen molar-refractivity contribution in [2.75, 3.05) is 12.4 Å². The Morgan fingerprint density at radius 2 is 1.96 bits per heavy atom. The number of carbonyl (C=O) groups is 1. The summed E-state index contributed by atoms with van der Waals surface area (Å²) < 4.78 is 35.5. The molecule has 0 spiro atoms. The van der Waals surface area contributed by atoms with Crippen LogP contribution in [-0.4, -0.2) is 24.9 Å². The third kappa shape index (κ3) is 6.36. The molecule has 2 aromatic carbocycles. The number of hydrogen-bond acceptors (Lipinski definition) is 4. The summed E-state index contributed by atoms with van der Waals surface area (Å²) in [5, 5.41) is 2.67. The predicted molar refractivity (Wildman–Crippen MR) is 94.2 cm³/mol. The molecule has 0 fully saturated rings. The molecule has 0 aromatic heterocycles. The average molecular weight is 367 g/mol. The molecule has 0 bridgehead atoms. The lowest BCUT2D eigenvalue weighted by molar-refractivity contribution is -0.127. The van der Waals surface area contributed by atoms with Gasteiger partial charge in [-0.05, 0) is 42.8 Å². The van der Waals surface area contributed by atoms with Crippen LogP contribution in [0.5, 0.6) is 5.75 Å². The molecule has 1 atom stereocenters. The number of methoxy groups -OCH3 is 1. The lowest BCUT2D eigenvalue weighted by Gasteiger charge is -2.14. The molecule has 1 N–H and O–H groups in total. The minimum atomic E-state index is -2.50. The highest BCUT2D eigenvalue weighted by Gasteiger charge is 2.14. The lowest BCUT2D eigenvalue weighted by Crippen LogP contribution is -2.27. The summed E-state index contributed by atoms with van der Waals surface area (Å²) in [6.45, 7) is 1.89. The van der Waals surface area contributed by atoms with E-state index >= 15 is 0 Å². The number of hydrogen-bond donors (Lipinski definition) is 1. The molecule has 2 aromatic rings.